The molecule has 3 saturated heterocycles. The van der Waals surface area contributed by atoms with Crippen LogP contribution in [-0.2, 0) is 23.7 Å². The molecule has 0 aromatic rings. The molecule has 3 aliphatic heterocycles. The highest BCUT2D eigenvalue weighted by atomic mass is 16.6. The minimum Gasteiger partial charge on any atom is -0.393 e. The molecule has 0 saturated carbocycles. The molecule has 0 amide bonds. The molecule has 0 aromatic heterocycles. The van der Waals surface area contributed by atoms with E-state index >= 15 is 0 Å². The molecule has 0 aliphatic carbocycles. The number of rotatable bonds is 11. The molecule has 15 atom stereocenters. The Hall–Kier alpha value is -0.640. The lowest BCUT2D eigenvalue weighted by Crippen LogP contribution is -2.68. The van der Waals surface area contributed by atoms with E-state index in [1.165, 1.54) is 13.8 Å². The topological polar surface area (TPSA) is 286 Å². The van der Waals surface area contributed by atoms with Crippen LogP contribution in [0.4, 0.5) is 0 Å². The van der Waals surface area contributed by atoms with Crippen molar-refractivity contribution in [2.75, 3.05) is 46.2 Å². The zero-order chi connectivity index (χ0) is 30.9. The number of ether oxygens (including phenoxy) is 5. The molecule has 3 aliphatic rings. The normalized spacial score (nSPS) is 51.1. The Morgan fingerprint density at radius 3 is 1.41 bits per heavy atom. The summed E-state index contributed by atoms with van der Waals surface area (Å²) in [4.78, 5) is 0. The Morgan fingerprint density at radius 2 is 0.951 bits per heavy atom. The summed E-state index contributed by atoms with van der Waals surface area (Å²) < 4.78 is 28.8. The monoisotopic (exact) mass is 599 g/mol. The van der Waals surface area contributed by atoms with Crippen molar-refractivity contribution < 1.29 is 64.5 Å². The van der Waals surface area contributed by atoms with E-state index in [-0.39, 0.29) is 26.4 Å². The maximum atomic E-state index is 11.1. The molecule has 41 heavy (non-hydrogen) atoms. The third-order valence-corrected chi connectivity index (χ3v) is 9.05. The maximum absolute atomic E-state index is 11.1. The Balaban J connectivity index is 1.59. The van der Waals surface area contributed by atoms with Crippen molar-refractivity contribution in [3.63, 3.8) is 0 Å². The van der Waals surface area contributed by atoms with Crippen molar-refractivity contribution in [3.05, 3.63) is 0 Å². The molecule has 16 nitrogen and oxygen atoms in total. The molecule has 0 aromatic carbocycles. The van der Waals surface area contributed by atoms with Crippen molar-refractivity contribution in [3.8, 4) is 0 Å². The van der Waals surface area contributed by atoms with Crippen LogP contribution >= 0.6 is 0 Å². The van der Waals surface area contributed by atoms with Gasteiger partial charge in [-0.1, -0.05) is 0 Å². The van der Waals surface area contributed by atoms with Gasteiger partial charge < -0.3 is 81.7 Å². The molecule has 0 spiro atoms. The average Bonchev–Trinajstić information content (AvgIpc) is 2.95. The van der Waals surface area contributed by atoms with Crippen LogP contribution < -0.4 is 17.2 Å². The molecular weight excluding hydrogens is 550 g/mol. The molecule has 14 N–H and O–H groups in total. The molecule has 0 radical (unpaired) electrons. The van der Waals surface area contributed by atoms with Gasteiger partial charge in [0.25, 0.3) is 0 Å². The summed E-state index contributed by atoms with van der Waals surface area (Å²) in [6.45, 7) is 2.37. The first-order valence-corrected chi connectivity index (χ1v) is 13.8. The summed E-state index contributed by atoms with van der Waals surface area (Å²) in [6, 6.07) is -3.09. The van der Waals surface area contributed by atoms with E-state index in [0.717, 1.165) is 0 Å². The highest BCUT2D eigenvalue weighted by molar-refractivity contribution is 5.03. The minimum absolute atomic E-state index is 0.138. The van der Waals surface area contributed by atoms with E-state index in [0.29, 0.717) is 0 Å². The first-order valence-electron chi connectivity index (χ1n) is 13.8. The fourth-order valence-corrected chi connectivity index (χ4v) is 5.79. The standard InChI is InChI=1S/C25H49N3O13/c1-23(8-29)11(4-37-7-14-16(27)20(34)21(35)25(3,10-31)40-14)18(32)15(26)13(39-23)6-38-5-12-19(33)17(28)22(36)41-24(12,2)9-30/h11-22,29-36H,4-10,26-28H2,1-3H3/t11-,12-,13-,14-,15?,16?,17?,18+,19+,20-,21-,22?,23?,24?,25?/m0/s1. The van der Waals surface area contributed by atoms with Gasteiger partial charge in [-0.25, -0.2) is 0 Å². The third-order valence-electron chi connectivity index (χ3n) is 9.05. The van der Waals surface area contributed by atoms with Gasteiger partial charge in [0.2, 0.25) is 0 Å². The van der Waals surface area contributed by atoms with E-state index in [2.05, 4.69) is 0 Å². The minimum atomic E-state index is -1.47. The van der Waals surface area contributed by atoms with Gasteiger partial charge in [0.15, 0.2) is 6.29 Å². The lowest BCUT2D eigenvalue weighted by atomic mass is 9.78. The molecule has 242 valence electrons. The number of hydrogen-bond donors (Lipinski definition) is 11. The van der Waals surface area contributed by atoms with Crippen LogP contribution in [0, 0.1) is 11.8 Å². The first kappa shape index (κ1) is 34.8. The van der Waals surface area contributed by atoms with Crippen LogP contribution in [0.15, 0.2) is 0 Å². The van der Waals surface area contributed by atoms with Gasteiger partial charge in [-0.2, -0.15) is 0 Å². The number of hydrogen-bond acceptors (Lipinski definition) is 16. The molecule has 3 rings (SSSR count). The zero-order valence-electron chi connectivity index (χ0n) is 23.7. The van der Waals surface area contributed by atoms with Crippen LogP contribution in [0.5, 0.6) is 0 Å². The largest absolute Gasteiger partial charge is 0.393 e. The van der Waals surface area contributed by atoms with E-state index < -0.39 is 109 Å². The third kappa shape index (κ3) is 6.88. The summed E-state index contributed by atoms with van der Waals surface area (Å²) in [7, 11) is 0. The van der Waals surface area contributed by atoms with Crippen molar-refractivity contribution in [1.29, 1.82) is 0 Å². The quantitative estimate of drug-likeness (QED) is 0.105. The van der Waals surface area contributed by atoms with Gasteiger partial charge >= 0.3 is 0 Å². The lowest BCUT2D eigenvalue weighted by Gasteiger charge is -2.50. The van der Waals surface area contributed by atoms with Crippen LogP contribution in [0.2, 0.25) is 0 Å². The Bertz CT molecular complexity index is 849. The lowest BCUT2D eigenvalue weighted by molar-refractivity contribution is -0.285. The van der Waals surface area contributed by atoms with E-state index in [4.69, 9.17) is 40.9 Å². The molecule has 0 bridgehead atoms. The summed E-state index contributed by atoms with van der Waals surface area (Å²) >= 11 is 0. The predicted molar refractivity (Wildman–Crippen MR) is 140 cm³/mol. The highest BCUT2D eigenvalue weighted by Gasteiger charge is 2.53. The highest BCUT2D eigenvalue weighted by Crippen LogP contribution is 2.37. The van der Waals surface area contributed by atoms with Gasteiger partial charge in [0.05, 0.1) is 100.0 Å². The van der Waals surface area contributed by atoms with Crippen LogP contribution in [-0.4, -0.2) is 165 Å². The van der Waals surface area contributed by atoms with Crippen LogP contribution in [0.1, 0.15) is 20.8 Å². The van der Waals surface area contributed by atoms with Crippen molar-refractivity contribution in [2.45, 2.75) is 98.6 Å². The second-order valence-corrected chi connectivity index (χ2v) is 12.2. The van der Waals surface area contributed by atoms with Gasteiger partial charge in [0.1, 0.15) is 17.8 Å². The fourth-order valence-electron chi connectivity index (χ4n) is 5.79. The number of aliphatic hydroxyl groups is 8. The predicted octanol–water partition coefficient (Wildman–Crippen LogP) is -5.92. The van der Waals surface area contributed by atoms with Crippen LogP contribution in [0.25, 0.3) is 0 Å². The molecule has 7 unspecified atom stereocenters. The number of aliphatic hydroxyl groups excluding tert-OH is 8. The Kier molecular flexibility index (Phi) is 11.5. The fraction of sp³-hybridized carbons (Fsp3) is 1.00. The Labute approximate surface area is 238 Å². The van der Waals surface area contributed by atoms with E-state index in [1.54, 1.807) is 6.92 Å². The summed E-state index contributed by atoms with van der Waals surface area (Å²) in [5, 5.41) is 81.8. The Morgan fingerprint density at radius 1 is 0.561 bits per heavy atom. The molecule has 3 fully saturated rings. The van der Waals surface area contributed by atoms with Gasteiger partial charge in [-0.3, -0.25) is 0 Å². The smallest absolute Gasteiger partial charge is 0.173 e. The second-order valence-electron chi connectivity index (χ2n) is 12.2. The zero-order valence-corrected chi connectivity index (χ0v) is 23.7. The van der Waals surface area contributed by atoms with Gasteiger partial charge in [-0.05, 0) is 20.8 Å². The van der Waals surface area contributed by atoms with Crippen molar-refractivity contribution >= 4 is 0 Å². The first-order chi connectivity index (χ1) is 19.1. The molecule has 3 heterocycles. The van der Waals surface area contributed by atoms with Gasteiger partial charge in [-0.15, -0.1) is 0 Å². The molecule has 16 heteroatoms. The summed E-state index contributed by atoms with van der Waals surface area (Å²) in [6.07, 6.45) is -8.46. The summed E-state index contributed by atoms with van der Waals surface area (Å²) in [5.41, 5.74) is 14.0. The second kappa shape index (κ2) is 13.6. The van der Waals surface area contributed by atoms with Crippen molar-refractivity contribution in [1.82, 2.24) is 0 Å². The van der Waals surface area contributed by atoms with E-state index in [1.807, 2.05) is 0 Å². The maximum Gasteiger partial charge on any atom is 0.173 e. The van der Waals surface area contributed by atoms with Crippen LogP contribution in [0.3, 0.4) is 0 Å². The van der Waals surface area contributed by atoms with Gasteiger partial charge in [0, 0.05) is 11.8 Å². The summed E-state index contributed by atoms with van der Waals surface area (Å²) in [5.74, 6) is -1.61. The SMILES string of the molecule is CC1(CO)O[C@@H](COC[C@H]2[C@@H](O)C(N)[C@H](COC[C@H]3[C@@H](O)C(N)C(O)OC3(C)CO)OC2(C)CO)C(N)[C@H](O)[C@@H]1O. The molecular formula is C25H49N3O13. The van der Waals surface area contributed by atoms with Crippen molar-refractivity contribution in [2.24, 2.45) is 29.0 Å². The van der Waals surface area contributed by atoms with E-state index in [9.17, 15) is 40.9 Å². The average molecular weight is 600 g/mol. The number of nitrogens with two attached hydrogens (primary N) is 3.